The van der Waals surface area contributed by atoms with Gasteiger partial charge in [0.1, 0.15) is 11.6 Å². The first kappa shape index (κ1) is 18.8. The molecule has 0 aliphatic rings. The van der Waals surface area contributed by atoms with E-state index < -0.39 is 0 Å². The average molecular weight is 384 g/mol. The van der Waals surface area contributed by atoms with Crippen molar-refractivity contribution in [2.75, 3.05) is 7.05 Å². The number of nitrogens with zero attached hydrogens (tertiary/aromatic N) is 2. The third-order valence-corrected chi connectivity index (χ3v) is 4.93. The van der Waals surface area contributed by atoms with Crippen molar-refractivity contribution in [2.45, 2.75) is 20.0 Å². The molecule has 2 heterocycles. The Balaban J connectivity index is 1.55. The fourth-order valence-corrected chi connectivity index (χ4v) is 3.24. The van der Waals surface area contributed by atoms with Crippen LogP contribution in [0.5, 0.6) is 11.6 Å². The lowest BCUT2D eigenvalue weighted by molar-refractivity contribution is 0.460. The zero-order valence-electron chi connectivity index (χ0n) is 15.2. The van der Waals surface area contributed by atoms with E-state index in [-0.39, 0.29) is 5.82 Å². The number of aromatic nitrogens is 1. The third-order valence-electron chi connectivity index (χ3n) is 3.90. The summed E-state index contributed by atoms with van der Waals surface area (Å²) in [6.45, 7) is 3.41. The van der Waals surface area contributed by atoms with Crippen LogP contribution in [-0.2, 0) is 13.1 Å². The van der Waals surface area contributed by atoms with Gasteiger partial charge in [-0.2, -0.15) is 0 Å². The highest BCUT2D eigenvalue weighted by Crippen LogP contribution is 2.20. The highest BCUT2D eigenvalue weighted by molar-refractivity contribution is 7.10. The predicted molar refractivity (Wildman–Crippen MR) is 107 cm³/mol. The van der Waals surface area contributed by atoms with Gasteiger partial charge in [-0.15, -0.1) is 11.3 Å². The Morgan fingerprint density at radius 1 is 1.15 bits per heavy atom. The van der Waals surface area contributed by atoms with Crippen molar-refractivity contribution in [1.82, 2.24) is 15.6 Å². The molecule has 140 valence electrons. The van der Waals surface area contributed by atoms with E-state index in [2.05, 4.69) is 39.0 Å². The molecule has 3 rings (SSSR count). The molecule has 0 amide bonds. The van der Waals surface area contributed by atoms with E-state index in [9.17, 15) is 4.39 Å². The number of guanidine groups is 1. The summed E-state index contributed by atoms with van der Waals surface area (Å²) in [5.74, 6) is 1.42. The number of rotatable bonds is 6. The monoisotopic (exact) mass is 384 g/mol. The van der Waals surface area contributed by atoms with Crippen molar-refractivity contribution in [1.29, 1.82) is 0 Å². The van der Waals surface area contributed by atoms with Gasteiger partial charge >= 0.3 is 0 Å². The Labute approximate surface area is 162 Å². The van der Waals surface area contributed by atoms with Crippen LogP contribution in [0.2, 0.25) is 0 Å². The number of aryl methyl sites for hydroxylation is 1. The largest absolute Gasteiger partial charge is 0.439 e. The average Bonchev–Trinajstić information content (AvgIpc) is 3.09. The zero-order valence-corrected chi connectivity index (χ0v) is 16.0. The van der Waals surface area contributed by atoms with E-state index in [1.54, 1.807) is 36.7 Å². The van der Waals surface area contributed by atoms with Crippen LogP contribution in [0.3, 0.4) is 0 Å². The minimum absolute atomic E-state index is 0.301. The van der Waals surface area contributed by atoms with Crippen molar-refractivity contribution >= 4 is 17.3 Å². The first-order valence-corrected chi connectivity index (χ1v) is 9.38. The summed E-state index contributed by atoms with van der Waals surface area (Å²) >= 11 is 1.73. The minimum Gasteiger partial charge on any atom is -0.439 e. The molecule has 7 heteroatoms. The molecule has 0 aliphatic heterocycles. The summed E-state index contributed by atoms with van der Waals surface area (Å²) in [5.41, 5.74) is 2.28. The normalized spacial score (nSPS) is 11.3. The van der Waals surface area contributed by atoms with Gasteiger partial charge < -0.3 is 15.4 Å². The Morgan fingerprint density at radius 3 is 2.63 bits per heavy atom. The summed E-state index contributed by atoms with van der Waals surface area (Å²) < 4.78 is 18.6. The second-order valence-corrected chi connectivity index (χ2v) is 6.87. The number of hydrogen-bond acceptors (Lipinski definition) is 4. The molecule has 2 aromatic heterocycles. The van der Waals surface area contributed by atoms with E-state index in [0.717, 1.165) is 18.1 Å². The highest BCUT2D eigenvalue weighted by atomic mass is 32.1. The minimum atomic E-state index is -0.301. The summed E-state index contributed by atoms with van der Waals surface area (Å²) in [6.07, 6.45) is 1.68. The number of thiophene rings is 1. The van der Waals surface area contributed by atoms with Gasteiger partial charge in [0.25, 0.3) is 0 Å². The molecular weight excluding hydrogens is 363 g/mol. The Kier molecular flexibility index (Phi) is 6.38. The van der Waals surface area contributed by atoms with Crippen molar-refractivity contribution in [3.63, 3.8) is 0 Å². The van der Waals surface area contributed by atoms with Crippen LogP contribution in [0.4, 0.5) is 4.39 Å². The van der Waals surface area contributed by atoms with Gasteiger partial charge in [-0.25, -0.2) is 9.37 Å². The van der Waals surface area contributed by atoms with E-state index in [1.165, 1.54) is 22.6 Å². The molecule has 0 bridgehead atoms. The van der Waals surface area contributed by atoms with E-state index in [1.807, 2.05) is 12.1 Å². The molecule has 0 saturated heterocycles. The number of nitrogens with one attached hydrogen (secondary N) is 2. The standard InChI is InChI=1S/C20H21FN4OS/c1-14-8-10-27-18(14)13-25-20(22-2)24-12-15-7-9-23-19(11-15)26-17-5-3-16(21)4-6-17/h3-11H,12-13H2,1-2H3,(H2,22,24,25). The highest BCUT2D eigenvalue weighted by Gasteiger charge is 2.04. The van der Waals surface area contributed by atoms with Crippen LogP contribution >= 0.6 is 11.3 Å². The molecule has 0 atom stereocenters. The molecule has 27 heavy (non-hydrogen) atoms. The van der Waals surface area contributed by atoms with Crippen molar-refractivity contribution in [2.24, 2.45) is 4.99 Å². The van der Waals surface area contributed by atoms with E-state index in [4.69, 9.17) is 4.74 Å². The lowest BCUT2D eigenvalue weighted by Gasteiger charge is -2.12. The molecule has 2 N–H and O–H groups in total. The summed E-state index contributed by atoms with van der Waals surface area (Å²) in [7, 11) is 1.74. The van der Waals surface area contributed by atoms with Crippen molar-refractivity contribution in [3.05, 3.63) is 75.9 Å². The number of ether oxygens (including phenoxy) is 1. The molecule has 5 nitrogen and oxygen atoms in total. The van der Waals surface area contributed by atoms with Gasteiger partial charge in [-0.05, 0) is 59.8 Å². The molecule has 1 aromatic carbocycles. The van der Waals surface area contributed by atoms with Crippen LogP contribution in [-0.4, -0.2) is 18.0 Å². The van der Waals surface area contributed by atoms with Crippen LogP contribution in [0.25, 0.3) is 0 Å². The summed E-state index contributed by atoms with van der Waals surface area (Å²) in [4.78, 5) is 9.73. The first-order chi connectivity index (χ1) is 13.1. The topological polar surface area (TPSA) is 58.5 Å². The lowest BCUT2D eigenvalue weighted by atomic mass is 10.2. The molecular formula is C20H21FN4OS. The van der Waals surface area contributed by atoms with Gasteiger partial charge in [0.05, 0.1) is 6.54 Å². The predicted octanol–water partition coefficient (Wildman–Crippen LogP) is 4.25. The summed E-state index contributed by atoms with van der Waals surface area (Å²) in [6, 6.07) is 11.7. The number of halogens is 1. The fourth-order valence-electron chi connectivity index (χ4n) is 2.40. The molecule has 0 fully saturated rings. The number of aliphatic imine (C=N–C) groups is 1. The van der Waals surface area contributed by atoms with Gasteiger partial charge in [0.15, 0.2) is 5.96 Å². The SMILES string of the molecule is CN=C(NCc1ccnc(Oc2ccc(F)cc2)c1)NCc1sccc1C. The van der Waals surface area contributed by atoms with Crippen LogP contribution < -0.4 is 15.4 Å². The Bertz CT molecular complexity index is 908. The smallest absolute Gasteiger partial charge is 0.219 e. The van der Waals surface area contributed by atoms with Crippen LogP contribution in [0.15, 0.2) is 59.0 Å². The second kappa shape index (κ2) is 9.14. The number of benzene rings is 1. The van der Waals surface area contributed by atoms with Crippen molar-refractivity contribution in [3.8, 4) is 11.6 Å². The molecule has 0 unspecified atom stereocenters. The fraction of sp³-hybridized carbons (Fsp3) is 0.200. The number of hydrogen-bond donors (Lipinski definition) is 2. The van der Waals surface area contributed by atoms with Crippen LogP contribution in [0.1, 0.15) is 16.0 Å². The van der Waals surface area contributed by atoms with E-state index >= 15 is 0 Å². The van der Waals surface area contributed by atoms with Gasteiger partial charge in [0.2, 0.25) is 5.88 Å². The molecule has 3 aromatic rings. The maximum absolute atomic E-state index is 13.0. The molecule has 0 spiro atoms. The van der Waals surface area contributed by atoms with Crippen LogP contribution in [0, 0.1) is 12.7 Å². The zero-order chi connectivity index (χ0) is 19.1. The maximum Gasteiger partial charge on any atom is 0.219 e. The Morgan fingerprint density at radius 2 is 1.93 bits per heavy atom. The summed E-state index contributed by atoms with van der Waals surface area (Å²) in [5, 5.41) is 8.67. The Hall–Kier alpha value is -2.93. The van der Waals surface area contributed by atoms with Gasteiger partial charge in [-0.1, -0.05) is 0 Å². The van der Waals surface area contributed by atoms with Crippen molar-refractivity contribution < 1.29 is 9.13 Å². The van der Waals surface area contributed by atoms with Gasteiger partial charge in [-0.3, -0.25) is 4.99 Å². The van der Waals surface area contributed by atoms with Gasteiger partial charge in [0, 0.05) is 30.7 Å². The number of pyridine rings is 1. The van der Waals surface area contributed by atoms with E-state index in [0.29, 0.717) is 18.2 Å². The maximum atomic E-state index is 13.0. The lowest BCUT2D eigenvalue weighted by Crippen LogP contribution is -2.36. The molecule has 0 saturated carbocycles. The first-order valence-electron chi connectivity index (χ1n) is 8.50. The quantitative estimate of drug-likeness (QED) is 0.493. The second-order valence-electron chi connectivity index (χ2n) is 5.86. The molecule has 0 radical (unpaired) electrons. The third kappa shape index (κ3) is 5.52. The molecule has 0 aliphatic carbocycles.